The van der Waals surface area contributed by atoms with Gasteiger partial charge < -0.3 is 30.6 Å². The third-order valence-corrected chi connectivity index (χ3v) is 10.5. The summed E-state index contributed by atoms with van der Waals surface area (Å²) in [5.41, 5.74) is -4.27. The number of carbonyl (C=O) groups excluding carboxylic acids is 1. The number of hydrogen-bond donors (Lipinski definition) is 6. The SMILES string of the molecule is CC(C)(O)CCC(O)[C@](C)(O)[C@H]1CCC2(O)C3=CC(=O)C4CC(O)C(O)C[C@]4(C)[C@H]3CC[C@]12C. The molecular weight excluding hydrogens is 436 g/mol. The first kappa shape index (κ1) is 26.2. The highest BCUT2D eigenvalue weighted by molar-refractivity contribution is 5.95. The zero-order valence-electron chi connectivity index (χ0n) is 21.3. The van der Waals surface area contributed by atoms with Gasteiger partial charge in [-0.3, -0.25) is 4.79 Å². The molecule has 0 amide bonds. The molecule has 34 heavy (non-hydrogen) atoms. The van der Waals surface area contributed by atoms with E-state index in [0.29, 0.717) is 44.1 Å². The third kappa shape index (κ3) is 3.73. The minimum absolute atomic E-state index is 0.0840. The van der Waals surface area contributed by atoms with Crippen LogP contribution in [0.1, 0.15) is 86.0 Å². The van der Waals surface area contributed by atoms with Gasteiger partial charge >= 0.3 is 0 Å². The summed E-state index contributed by atoms with van der Waals surface area (Å²) >= 11 is 0. The number of fused-ring (bicyclic) bond motifs is 5. The largest absolute Gasteiger partial charge is 0.390 e. The minimum Gasteiger partial charge on any atom is -0.390 e. The molecule has 3 fully saturated rings. The van der Waals surface area contributed by atoms with Gasteiger partial charge in [-0.05, 0) is 101 Å². The zero-order valence-corrected chi connectivity index (χ0v) is 21.3. The summed E-state index contributed by atoms with van der Waals surface area (Å²) < 4.78 is 0. The molecule has 0 aromatic rings. The first-order valence-corrected chi connectivity index (χ1v) is 12.9. The van der Waals surface area contributed by atoms with Crippen molar-refractivity contribution in [2.75, 3.05) is 0 Å². The molecular formula is C27H44O7. The van der Waals surface area contributed by atoms with Crippen LogP contribution in [0.3, 0.4) is 0 Å². The molecule has 0 saturated heterocycles. The van der Waals surface area contributed by atoms with E-state index in [9.17, 15) is 35.4 Å². The van der Waals surface area contributed by atoms with Crippen LogP contribution in [0.5, 0.6) is 0 Å². The molecule has 3 saturated carbocycles. The van der Waals surface area contributed by atoms with Gasteiger partial charge in [-0.1, -0.05) is 13.8 Å². The van der Waals surface area contributed by atoms with Gasteiger partial charge in [0.05, 0.1) is 35.1 Å². The quantitative estimate of drug-likeness (QED) is 0.353. The van der Waals surface area contributed by atoms with Gasteiger partial charge in [0.15, 0.2) is 5.78 Å². The Balaban J connectivity index is 1.66. The van der Waals surface area contributed by atoms with E-state index in [2.05, 4.69) is 0 Å². The van der Waals surface area contributed by atoms with Gasteiger partial charge in [-0.15, -0.1) is 0 Å². The van der Waals surface area contributed by atoms with Gasteiger partial charge in [0.2, 0.25) is 0 Å². The Kier molecular flexibility index (Phi) is 6.24. The third-order valence-electron chi connectivity index (χ3n) is 10.5. The molecule has 0 bridgehead atoms. The maximum atomic E-state index is 13.2. The molecule has 4 aliphatic rings. The van der Waals surface area contributed by atoms with E-state index < -0.39 is 45.9 Å². The molecule has 0 heterocycles. The lowest BCUT2D eigenvalue weighted by Gasteiger charge is -2.60. The van der Waals surface area contributed by atoms with Gasteiger partial charge in [0.1, 0.15) is 0 Å². The van der Waals surface area contributed by atoms with Crippen molar-refractivity contribution < 1.29 is 35.4 Å². The number of rotatable bonds is 5. The van der Waals surface area contributed by atoms with Gasteiger partial charge in [0.25, 0.3) is 0 Å². The molecule has 194 valence electrons. The number of ketones is 1. The maximum absolute atomic E-state index is 13.2. The molecule has 0 radical (unpaired) electrons. The van der Waals surface area contributed by atoms with E-state index >= 15 is 0 Å². The summed E-state index contributed by atoms with van der Waals surface area (Å²) in [6.07, 6.45) is 2.11. The monoisotopic (exact) mass is 480 g/mol. The van der Waals surface area contributed by atoms with E-state index in [-0.39, 0.29) is 36.4 Å². The summed E-state index contributed by atoms with van der Waals surface area (Å²) in [4.78, 5) is 13.2. The summed E-state index contributed by atoms with van der Waals surface area (Å²) in [5, 5.41) is 65.5. The van der Waals surface area contributed by atoms with Crippen LogP contribution in [0.2, 0.25) is 0 Å². The topological polar surface area (TPSA) is 138 Å². The standard InChI is InChI=1S/C27H44O7/c1-23(2,32)9-8-22(31)26(5,33)21-7-11-27(34)16-12-18(28)17-13-19(29)20(30)14-24(17,3)15(16)6-10-25(21,27)4/h12,15,17,19-22,29-34H,6-11,13-14H2,1-5H3/t15-,17?,19?,20?,21-,22?,24+,25+,26+,27?/m0/s1. The Morgan fingerprint density at radius 1 is 1.06 bits per heavy atom. The Bertz CT molecular complexity index is 860. The summed E-state index contributed by atoms with van der Waals surface area (Å²) in [6, 6.07) is 0. The predicted molar refractivity (Wildman–Crippen MR) is 127 cm³/mol. The van der Waals surface area contributed by atoms with Crippen molar-refractivity contribution in [2.45, 2.75) is 121 Å². The fourth-order valence-electron chi connectivity index (χ4n) is 8.32. The van der Waals surface area contributed by atoms with Crippen LogP contribution in [0.25, 0.3) is 0 Å². The molecule has 5 unspecified atom stereocenters. The van der Waals surface area contributed by atoms with Gasteiger partial charge in [-0.25, -0.2) is 0 Å². The minimum atomic E-state index is -1.46. The summed E-state index contributed by atoms with van der Waals surface area (Å²) in [6.45, 7) is 8.96. The smallest absolute Gasteiger partial charge is 0.159 e. The second-order valence-electron chi connectivity index (χ2n) is 13.2. The number of aliphatic hydroxyl groups excluding tert-OH is 3. The van der Waals surface area contributed by atoms with Crippen molar-refractivity contribution in [1.29, 1.82) is 0 Å². The van der Waals surface area contributed by atoms with E-state index in [0.717, 1.165) is 0 Å². The molecule has 4 rings (SSSR count). The first-order valence-electron chi connectivity index (χ1n) is 12.9. The van der Waals surface area contributed by atoms with Crippen molar-refractivity contribution in [3.05, 3.63) is 11.6 Å². The normalized spacial score (nSPS) is 47.2. The van der Waals surface area contributed by atoms with Gasteiger partial charge in [-0.2, -0.15) is 0 Å². The lowest BCUT2D eigenvalue weighted by atomic mass is 9.45. The van der Waals surface area contributed by atoms with Gasteiger partial charge in [0, 0.05) is 11.3 Å². The average molecular weight is 481 g/mol. The van der Waals surface area contributed by atoms with E-state index in [4.69, 9.17) is 0 Å². The molecule has 0 spiro atoms. The van der Waals surface area contributed by atoms with Crippen LogP contribution in [-0.2, 0) is 4.79 Å². The lowest BCUT2D eigenvalue weighted by molar-refractivity contribution is -0.177. The molecule has 10 atom stereocenters. The Morgan fingerprint density at radius 3 is 2.32 bits per heavy atom. The Morgan fingerprint density at radius 2 is 1.71 bits per heavy atom. The first-order chi connectivity index (χ1) is 15.5. The maximum Gasteiger partial charge on any atom is 0.159 e. The van der Waals surface area contributed by atoms with Crippen LogP contribution in [-0.4, -0.2) is 71.5 Å². The van der Waals surface area contributed by atoms with Crippen molar-refractivity contribution in [3.8, 4) is 0 Å². The average Bonchev–Trinajstić information content (AvgIpc) is 3.00. The second-order valence-corrected chi connectivity index (χ2v) is 13.2. The Hall–Kier alpha value is -0.830. The highest BCUT2D eigenvalue weighted by atomic mass is 16.3. The van der Waals surface area contributed by atoms with Crippen molar-refractivity contribution in [3.63, 3.8) is 0 Å². The zero-order chi connectivity index (χ0) is 25.5. The van der Waals surface area contributed by atoms with Crippen molar-refractivity contribution in [2.24, 2.45) is 28.6 Å². The van der Waals surface area contributed by atoms with Crippen molar-refractivity contribution in [1.82, 2.24) is 0 Å². The number of carbonyl (C=O) groups is 1. The van der Waals surface area contributed by atoms with Crippen LogP contribution >= 0.6 is 0 Å². The Labute approximate surface area is 202 Å². The molecule has 0 aromatic heterocycles. The summed E-state index contributed by atoms with van der Waals surface area (Å²) in [5.74, 6) is -0.948. The molecule has 0 aromatic carbocycles. The van der Waals surface area contributed by atoms with E-state index in [1.807, 2.05) is 13.8 Å². The van der Waals surface area contributed by atoms with Crippen LogP contribution < -0.4 is 0 Å². The number of allylic oxidation sites excluding steroid dienone is 1. The predicted octanol–water partition coefficient (Wildman–Crippen LogP) is 1.85. The van der Waals surface area contributed by atoms with Crippen LogP contribution in [0, 0.1) is 28.6 Å². The lowest BCUT2D eigenvalue weighted by Crippen LogP contribution is -2.62. The molecule has 0 aliphatic heterocycles. The highest BCUT2D eigenvalue weighted by Crippen LogP contribution is 2.68. The fourth-order valence-corrected chi connectivity index (χ4v) is 8.32. The van der Waals surface area contributed by atoms with E-state index in [1.165, 1.54) is 0 Å². The second kappa shape index (κ2) is 8.09. The molecule has 4 aliphatic carbocycles. The van der Waals surface area contributed by atoms with Crippen molar-refractivity contribution >= 4 is 5.78 Å². The number of aliphatic hydroxyl groups is 6. The summed E-state index contributed by atoms with van der Waals surface area (Å²) in [7, 11) is 0. The molecule has 7 nitrogen and oxygen atoms in total. The molecule has 7 heteroatoms. The van der Waals surface area contributed by atoms with E-state index in [1.54, 1.807) is 26.8 Å². The van der Waals surface area contributed by atoms with Crippen LogP contribution in [0.15, 0.2) is 11.6 Å². The fraction of sp³-hybridized carbons (Fsp3) is 0.889. The van der Waals surface area contributed by atoms with Crippen LogP contribution in [0.4, 0.5) is 0 Å². The number of hydrogen-bond acceptors (Lipinski definition) is 7. The molecule has 6 N–H and O–H groups in total. The highest BCUT2D eigenvalue weighted by Gasteiger charge is 2.69.